The number of nitrogens with one attached hydrogen (secondary N) is 1. The standard InChI is InChI=1S/C16H17FN4/c1-3-13(8-11(2)17)14-10-19-16-7-6-15(20-21(14)16)18-9-12-4-5-12/h3,6-8,10,12H,1-2,4-5,9H2,(H,18,20)/b13-8+. The highest BCUT2D eigenvalue weighted by atomic mass is 19.1. The minimum Gasteiger partial charge on any atom is -0.368 e. The van der Waals surface area contributed by atoms with E-state index in [1.165, 1.54) is 18.9 Å². The number of fused-ring (bicyclic) bond motifs is 1. The van der Waals surface area contributed by atoms with Crippen molar-refractivity contribution in [3.8, 4) is 0 Å². The zero-order valence-electron chi connectivity index (χ0n) is 11.7. The fraction of sp³-hybridized carbons (Fsp3) is 0.250. The van der Waals surface area contributed by atoms with Crippen LogP contribution in [0.3, 0.4) is 0 Å². The van der Waals surface area contributed by atoms with Gasteiger partial charge in [0, 0.05) is 12.1 Å². The molecule has 0 atom stereocenters. The van der Waals surface area contributed by atoms with E-state index in [4.69, 9.17) is 0 Å². The molecule has 0 bridgehead atoms. The second-order valence-electron chi connectivity index (χ2n) is 5.21. The lowest BCUT2D eigenvalue weighted by Crippen LogP contribution is -2.07. The number of nitrogens with zero attached hydrogens (tertiary/aromatic N) is 3. The van der Waals surface area contributed by atoms with Crippen LogP contribution in [0.1, 0.15) is 18.5 Å². The maximum absolute atomic E-state index is 13.0. The summed E-state index contributed by atoms with van der Waals surface area (Å²) >= 11 is 0. The number of imidazole rings is 1. The van der Waals surface area contributed by atoms with Crippen molar-refractivity contribution in [2.75, 3.05) is 11.9 Å². The first-order valence-corrected chi connectivity index (χ1v) is 6.95. The van der Waals surface area contributed by atoms with E-state index in [-0.39, 0.29) is 0 Å². The molecule has 2 aromatic rings. The van der Waals surface area contributed by atoms with Crippen LogP contribution in [-0.2, 0) is 0 Å². The Labute approximate surface area is 122 Å². The number of hydrogen-bond acceptors (Lipinski definition) is 3. The smallest absolute Gasteiger partial charge is 0.154 e. The van der Waals surface area contributed by atoms with Crippen molar-refractivity contribution >= 4 is 17.0 Å². The van der Waals surface area contributed by atoms with E-state index in [0.717, 1.165) is 18.3 Å². The third-order valence-corrected chi connectivity index (χ3v) is 3.46. The Hall–Kier alpha value is -2.43. The van der Waals surface area contributed by atoms with Crippen LogP contribution in [0, 0.1) is 5.92 Å². The topological polar surface area (TPSA) is 42.2 Å². The molecule has 0 unspecified atom stereocenters. The summed E-state index contributed by atoms with van der Waals surface area (Å²) in [5.74, 6) is 1.03. The first-order valence-electron chi connectivity index (χ1n) is 6.95. The van der Waals surface area contributed by atoms with Crippen LogP contribution >= 0.6 is 0 Å². The van der Waals surface area contributed by atoms with Gasteiger partial charge in [0.1, 0.15) is 11.6 Å². The van der Waals surface area contributed by atoms with Gasteiger partial charge in [-0.25, -0.2) is 13.9 Å². The van der Waals surface area contributed by atoms with Gasteiger partial charge in [-0.2, -0.15) is 0 Å². The van der Waals surface area contributed by atoms with Crippen LogP contribution < -0.4 is 5.32 Å². The summed E-state index contributed by atoms with van der Waals surface area (Å²) in [5.41, 5.74) is 2.00. The van der Waals surface area contributed by atoms with E-state index < -0.39 is 5.83 Å². The molecule has 2 aromatic heterocycles. The summed E-state index contributed by atoms with van der Waals surface area (Å²) in [5, 5.41) is 7.83. The normalized spacial score (nSPS) is 15.2. The molecule has 3 rings (SSSR count). The molecule has 4 nitrogen and oxygen atoms in total. The molecule has 0 amide bonds. The van der Waals surface area contributed by atoms with Crippen molar-refractivity contribution in [1.82, 2.24) is 14.6 Å². The van der Waals surface area contributed by atoms with Gasteiger partial charge in [-0.05, 0) is 37.0 Å². The SMILES string of the molecule is C=C/C(=C\C(=C)F)c1cnc2ccc(NCC3CC3)nn12. The van der Waals surface area contributed by atoms with Crippen LogP contribution in [-0.4, -0.2) is 21.1 Å². The average molecular weight is 284 g/mol. The molecular weight excluding hydrogens is 267 g/mol. The van der Waals surface area contributed by atoms with Crippen molar-refractivity contribution in [2.45, 2.75) is 12.8 Å². The molecule has 1 saturated carbocycles. The Morgan fingerprint density at radius 2 is 2.29 bits per heavy atom. The Kier molecular flexibility index (Phi) is 3.56. The van der Waals surface area contributed by atoms with Gasteiger partial charge in [-0.15, -0.1) is 5.10 Å². The van der Waals surface area contributed by atoms with E-state index in [9.17, 15) is 4.39 Å². The fourth-order valence-electron chi connectivity index (χ4n) is 2.14. The number of anilines is 1. The van der Waals surface area contributed by atoms with E-state index in [0.29, 0.717) is 16.9 Å². The summed E-state index contributed by atoms with van der Waals surface area (Å²) in [6, 6.07) is 3.79. The first kappa shape index (κ1) is 13.5. The summed E-state index contributed by atoms with van der Waals surface area (Å²) < 4.78 is 14.7. The van der Waals surface area contributed by atoms with Gasteiger partial charge in [0.2, 0.25) is 0 Å². The van der Waals surface area contributed by atoms with Crippen LogP contribution in [0.5, 0.6) is 0 Å². The average Bonchev–Trinajstić information content (AvgIpc) is 3.21. The predicted octanol–water partition coefficient (Wildman–Crippen LogP) is 3.60. The maximum Gasteiger partial charge on any atom is 0.154 e. The molecule has 0 aromatic carbocycles. The van der Waals surface area contributed by atoms with Gasteiger partial charge >= 0.3 is 0 Å². The highest BCUT2D eigenvalue weighted by Crippen LogP contribution is 2.28. The van der Waals surface area contributed by atoms with Gasteiger partial charge in [-0.1, -0.05) is 19.2 Å². The van der Waals surface area contributed by atoms with Crippen LogP contribution in [0.4, 0.5) is 10.2 Å². The van der Waals surface area contributed by atoms with Gasteiger partial charge < -0.3 is 5.32 Å². The maximum atomic E-state index is 13.0. The summed E-state index contributed by atoms with van der Waals surface area (Å²) in [6.45, 7) is 7.90. The lowest BCUT2D eigenvalue weighted by Gasteiger charge is -2.06. The molecule has 1 aliphatic carbocycles. The summed E-state index contributed by atoms with van der Waals surface area (Å²) in [6.07, 6.45) is 7.12. The first-order chi connectivity index (χ1) is 10.2. The van der Waals surface area contributed by atoms with Crippen molar-refractivity contribution < 1.29 is 4.39 Å². The van der Waals surface area contributed by atoms with Crippen LogP contribution in [0.2, 0.25) is 0 Å². The Balaban J connectivity index is 1.96. The lowest BCUT2D eigenvalue weighted by molar-refractivity contribution is 0.672. The minimum atomic E-state index is -0.525. The van der Waals surface area contributed by atoms with E-state index >= 15 is 0 Å². The molecule has 1 N–H and O–H groups in total. The third-order valence-electron chi connectivity index (χ3n) is 3.46. The molecular formula is C16H17FN4. The summed E-state index contributed by atoms with van der Waals surface area (Å²) in [4.78, 5) is 4.28. The molecule has 2 heterocycles. The highest BCUT2D eigenvalue weighted by molar-refractivity contribution is 5.74. The fourth-order valence-corrected chi connectivity index (χ4v) is 2.14. The Bertz CT molecular complexity index is 725. The second kappa shape index (κ2) is 5.52. The zero-order valence-corrected chi connectivity index (χ0v) is 11.7. The molecule has 0 aliphatic heterocycles. The summed E-state index contributed by atoms with van der Waals surface area (Å²) in [7, 11) is 0. The van der Waals surface area contributed by atoms with Gasteiger partial charge in [0.05, 0.1) is 11.9 Å². The van der Waals surface area contributed by atoms with Gasteiger partial charge in [-0.3, -0.25) is 0 Å². The monoisotopic (exact) mass is 284 g/mol. The lowest BCUT2D eigenvalue weighted by atomic mass is 10.2. The minimum absolute atomic E-state index is 0.525. The molecule has 1 aliphatic rings. The third kappa shape index (κ3) is 3.02. The number of hydrogen-bond donors (Lipinski definition) is 1. The van der Waals surface area contributed by atoms with E-state index in [1.54, 1.807) is 16.8 Å². The Morgan fingerprint density at radius 1 is 1.48 bits per heavy atom. The van der Waals surface area contributed by atoms with Crippen molar-refractivity contribution in [3.63, 3.8) is 0 Å². The largest absolute Gasteiger partial charge is 0.368 e. The molecule has 0 saturated heterocycles. The predicted molar refractivity (Wildman–Crippen MR) is 82.6 cm³/mol. The molecule has 21 heavy (non-hydrogen) atoms. The zero-order chi connectivity index (χ0) is 14.8. The number of aromatic nitrogens is 3. The van der Waals surface area contributed by atoms with Crippen LogP contribution in [0.25, 0.3) is 11.2 Å². The molecule has 0 spiro atoms. The van der Waals surface area contributed by atoms with E-state index in [1.807, 2.05) is 12.1 Å². The molecule has 108 valence electrons. The number of rotatable bonds is 6. The molecule has 0 radical (unpaired) electrons. The van der Waals surface area contributed by atoms with Gasteiger partial charge in [0.25, 0.3) is 0 Å². The van der Waals surface area contributed by atoms with Crippen molar-refractivity contribution in [1.29, 1.82) is 0 Å². The quantitative estimate of drug-likeness (QED) is 0.824. The van der Waals surface area contributed by atoms with Crippen molar-refractivity contribution in [2.24, 2.45) is 5.92 Å². The molecule has 5 heteroatoms. The Morgan fingerprint density at radius 3 is 2.95 bits per heavy atom. The second-order valence-corrected chi connectivity index (χ2v) is 5.21. The van der Waals surface area contributed by atoms with Crippen LogP contribution in [0.15, 0.2) is 49.5 Å². The number of allylic oxidation sites excluding steroid dienone is 4. The van der Waals surface area contributed by atoms with Gasteiger partial charge in [0.15, 0.2) is 5.65 Å². The van der Waals surface area contributed by atoms with Crippen molar-refractivity contribution in [3.05, 3.63) is 55.2 Å². The van der Waals surface area contributed by atoms with E-state index in [2.05, 4.69) is 28.6 Å². The molecule has 1 fully saturated rings. The highest BCUT2D eigenvalue weighted by Gasteiger charge is 2.20. The number of halogens is 1.